The third-order valence-corrected chi connectivity index (χ3v) is 6.01. The van der Waals surface area contributed by atoms with Crippen LogP contribution in [-0.2, 0) is 11.4 Å². The summed E-state index contributed by atoms with van der Waals surface area (Å²) in [7, 11) is 1.52. The van der Waals surface area contributed by atoms with E-state index < -0.39 is 5.91 Å². The SMILES string of the molecule is COc1cc(C=C2SC(=O)N(c3ccc(Cl)cc3)C2=O)ccc1OCc1ccccc1C#N. The zero-order valence-corrected chi connectivity index (χ0v) is 19.0. The molecule has 4 rings (SSSR count). The molecule has 0 bridgehead atoms. The van der Waals surface area contributed by atoms with E-state index in [0.717, 1.165) is 22.2 Å². The van der Waals surface area contributed by atoms with Crippen LogP contribution < -0.4 is 14.4 Å². The van der Waals surface area contributed by atoms with Crippen molar-refractivity contribution in [1.29, 1.82) is 5.26 Å². The van der Waals surface area contributed by atoms with Crippen molar-refractivity contribution >= 4 is 46.3 Å². The summed E-state index contributed by atoms with van der Waals surface area (Å²) in [5.41, 5.74) is 2.45. The van der Waals surface area contributed by atoms with Crippen molar-refractivity contribution in [2.75, 3.05) is 12.0 Å². The van der Waals surface area contributed by atoms with Gasteiger partial charge in [-0.1, -0.05) is 35.9 Å². The maximum absolute atomic E-state index is 12.8. The molecule has 3 aromatic carbocycles. The monoisotopic (exact) mass is 476 g/mol. The summed E-state index contributed by atoms with van der Waals surface area (Å²) in [6.07, 6.45) is 1.64. The van der Waals surface area contributed by atoms with Crippen molar-refractivity contribution < 1.29 is 19.1 Å². The van der Waals surface area contributed by atoms with Crippen molar-refractivity contribution in [1.82, 2.24) is 0 Å². The fraction of sp³-hybridized carbons (Fsp3) is 0.0800. The number of ether oxygens (including phenoxy) is 2. The van der Waals surface area contributed by atoms with Gasteiger partial charge in [-0.15, -0.1) is 0 Å². The molecule has 0 aromatic heterocycles. The Kier molecular flexibility index (Phi) is 6.68. The summed E-state index contributed by atoms with van der Waals surface area (Å²) in [6.45, 7) is 0.208. The van der Waals surface area contributed by atoms with Gasteiger partial charge >= 0.3 is 0 Å². The molecule has 1 aliphatic heterocycles. The van der Waals surface area contributed by atoms with Crippen LogP contribution in [0.2, 0.25) is 5.02 Å². The zero-order chi connectivity index (χ0) is 23.4. The third kappa shape index (κ3) is 4.87. The van der Waals surface area contributed by atoms with Crippen LogP contribution in [0.4, 0.5) is 10.5 Å². The van der Waals surface area contributed by atoms with Crippen LogP contribution >= 0.6 is 23.4 Å². The van der Waals surface area contributed by atoms with E-state index in [4.69, 9.17) is 21.1 Å². The van der Waals surface area contributed by atoms with Gasteiger partial charge in [0.25, 0.3) is 11.1 Å². The quantitative estimate of drug-likeness (QED) is 0.403. The standard InChI is InChI=1S/C25H17ClN2O4S/c1-31-22-12-16(6-11-21(22)32-15-18-5-3-2-4-17(18)14-27)13-23-24(29)28(25(30)33-23)20-9-7-19(26)8-10-20/h2-13H,15H2,1H3. The minimum atomic E-state index is -0.403. The van der Waals surface area contributed by atoms with E-state index in [1.165, 1.54) is 7.11 Å². The molecule has 2 amide bonds. The Morgan fingerprint density at radius 2 is 1.82 bits per heavy atom. The molecule has 1 aliphatic rings. The molecule has 6 nitrogen and oxygen atoms in total. The van der Waals surface area contributed by atoms with Crippen molar-refractivity contribution in [2.24, 2.45) is 0 Å². The number of carbonyl (C=O) groups is 2. The predicted molar refractivity (Wildman–Crippen MR) is 128 cm³/mol. The van der Waals surface area contributed by atoms with Gasteiger partial charge in [-0.2, -0.15) is 5.26 Å². The zero-order valence-electron chi connectivity index (χ0n) is 17.4. The Morgan fingerprint density at radius 1 is 1.06 bits per heavy atom. The maximum Gasteiger partial charge on any atom is 0.298 e. The Labute approximate surface area is 200 Å². The first-order chi connectivity index (χ1) is 16.0. The fourth-order valence-electron chi connectivity index (χ4n) is 3.24. The lowest BCUT2D eigenvalue weighted by atomic mass is 10.1. The van der Waals surface area contributed by atoms with Gasteiger partial charge in [-0.25, -0.2) is 4.90 Å². The second-order valence-corrected chi connectivity index (χ2v) is 8.39. The molecule has 1 saturated heterocycles. The van der Waals surface area contributed by atoms with Crippen LogP contribution in [0.15, 0.2) is 71.6 Å². The number of halogens is 1. The molecule has 3 aromatic rings. The number of nitriles is 1. The summed E-state index contributed by atoms with van der Waals surface area (Å²) in [6, 6.07) is 21.1. The molecule has 0 radical (unpaired) electrons. The first-order valence-electron chi connectivity index (χ1n) is 9.82. The van der Waals surface area contributed by atoms with E-state index >= 15 is 0 Å². The summed E-state index contributed by atoms with van der Waals surface area (Å²) in [4.78, 5) is 26.7. The molecule has 0 spiro atoms. The molecule has 1 heterocycles. The van der Waals surface area contributed by atoms with Crippen LogP contribution in [0.3, 0.4) is 0 Å². The molecule has 0 atom stereocenters. The van der Waals surface area contributed by atoms with E-state index in [1.807, 2.05) is 12.1 Å². The van der Waals surface area contributed by atoms with Crippen molar-refractivity contribution in [3.05, 3.63) is 93.3 Å². The van der Waals surface area contributed by atoms with Crippen LogP contribution in [-0.4, -0.2) is 18.3 Å². The second-order valence-electron chi connectivity index (χ2n) is 6.96. The molecule has 8 heteroatoms. The average Bonchev–Trinajstić information content (AvgIpc) is 3.11. The lowest BCUT2D eigenvalue weighted by molar-refractivity contribution is -0.113. The Balaban J connectivity index is 1.54. The number of imide groups is 1. The highest BCUT2D eigenvalue weighted by Crippen LogP contribution is 2.37. The summed E-state index contributed by atoms with van der Waals surface area (Å²) in [5, 5.41) is 9.37. The average molecular weight is 477 g/mol. The summed E-state index contributed by atoms with van der Waals surface area (Å²) in [5.74, 6) is 0.562. The number of methoxy groups -OCH3 is 1. The fourth-order valence-corrected chi connectivity index (χ4v) is 4.20. The molecule has 0 unspecified atom stereocenters. The highest BCUT2D eigenvalue weighted by atomic mass is 35.5. The minimum absolute atomic E-state index is 0.208. The van der Waals surface area contributed by atoms with Crippen molar-refractivity contribution in [3.8, 4) is 17.6 Å². The van der Waals surface area contributed by atoms with Gasteiger partial charge in [0.2, 0.25) is 0 Å². The number of benzene rings is 3. The molecule has 0 saturated carbocycles. The normalized spacial score (nSPS) is 14.5. The Morgan fingerprint density at radius 3 is 2.55 bits per heavy atom. The molecule has 33 heavy (non-hydrogen) atoms. The predicted octanol–water partition coefficient (Wildman–Crippen LogP) is 6.04. The van der Waals surface area contributed by atoms with Crippen molar-refractivity contribution in [3.63, 3.8) is 0 Å². The number of carbonyl (C=O) groups excluding carboxylic acids is 2. The summed E-state index contributed by atoms with van der Waals surface area (Å²) >= 11 is 6.77. The third-order valence-electron chi connectivity index (χ3n) is 4.88. The highest BCUT2D eigenvalue weighted by molar-refractivity contribution is 8.19. The van der Waals surface area contributed by atoms with Crippen LogP contribution in [0.5, 0.6) is 11.5 Å². The minimum Gasteiger partial charge on any atom is -0.493 e. The van der Waals surface area contributed by atoms with Gasteiger partial charge in [0, 0.05) is 10.6 Å². The van der Waals surface area contributed by atoms with Crippen LogP contribution in [0, 0.1) is 11.3 Å². The van der Waals surface area contributed by atoms with Gasteiger partial charge in [0.1, 0.15) is 6.61 Å². The molecule has 0 aliphatic carbocycles. The van der Waals surface area contributed by atoms with E-state index in [9.17, 15) is 14.9 Å². The van der Waals surface area contributed by atoms with E-state index in [2.05, 4.69) is 6.07 Å². The van der Waals surface area contributed by atoms with Gasteiger partial charge in [-0.05, 0) is 65.9 Å². The van der Waals surface area contributed by atoms with Crippen LogP contribution in [0.25, 0.3) is 6.08 Å². The van der Waals surface area contributed by atoms with E-state index in [-0.39, 0.29) is 11.8 Å². The number of amides is 2. The smallest absolute Gasteiger partial charge is 0.298 e. The van der Waals surface area contributed by atoms with Crippen LogP contribution in [0.1, 0.15) is 16.7 Å². The summed E-state index contributed by atoms with van der Waals surface area (Å²) < 4.78 is 11.3. The Hall–Kier alpha value is -3.73. The Bertz CT molecular complexity index is 1300. The maximum atomic E-state index is 12.8. The van der Waals surface area contributed by atoms with E-state index in [0.29, 0.717) is 38.2 Å². The molecular weight excluding hydrogens is 460 g/mol. The lowest BCUT2D eigenvalue weighted by Crippen LogP contribution is -2.27. The largest absolute Gasteiger partial charge is 0.493 e. The van der Waals surface area contributed by atoms with Gasteiger partial charge in [0.15, 0.2) is 11.5 Å². The number of thioether (sulfide) groups is 1. The van der Waals surface area contributed by atoms with Crippen molar-refractivity contribution in [2.45, 2.75) is 6.61 Å². The lowest BCUT2D eigenvalue weighted by Gasteiger charge is -2.13. The topological polar surface area (TPSA) is 79.6 Å². The highest BCUT2D eigenvalue weighted by Gasteiger charge is 2.36. The van der Waals surface area contributed by atoms with Gasteiger partial charge in [-0.3, -0.25) is 9.59 Å². The van der Waals surface area contributed by atoms with E-state index in [1.54, 1.807) is 60.7 Å². The first-order valence-corrected chi connectivity index (χ1v) is 11.0. The van der Waals surface area contributed by atoms with Gasteiger partial charge < -0.3 is 9.47 Å². The second kappa shape index (κ2) is 9.82. The molecular formula is C25H17ClN2O4S. The number of hydrogen-bond acceptors (Lipinski definition) is 6. The number of anilines is 1. The number of hydrogen-bond donors (Lipinski definition) is 0. The molecule has 0 N–H and O–H groups in total. The molecule has 1 fully saturated rings. The van der Waals surface area contributed by atoms with Gasteiger partial charge in [0.05, 0.1) is 29.3 Å². The molecule has 164 valence electrons. The number of nitrogens with zero attached hydrogens (tertiary/aromatic N) is 2. The number of rotatable bonds is 6. The first kappa shape index (κ1) is 22.5.